The van der Waals surface area contributed by atoms with Crippen LogP contribution in [0.3, 0.4) is 0 Å². The first-order valence-electron chi connectivity index (χ1n) is 42.9. The number of imide groups is 1. The van der Waals surface area contributed by atoms with E-state index in [1.54, 1.807) is 79.7 Å². The number of ether oxygens (including phenoxy) is 7. The smallest absolute Gasteiger partial charge is 0.410 e. The van der Waals surface area contributed by atoms with Crippen LogP contribution < -0.4 is 46.1 Å². The van der Waals surface area contributed by atoms with E-state index in [0.29, 0.717) is 24.9 Å². The van der Waals surface area contributed by atoms with E-state index in [4.69, 9.17) is 56.4 Å². The van der Waals surface area contributed by atoms with Crippen LogP contribution in [0.2, 0.25) is 10.0 Å². The maximum absolute atomic E-state index is 16.8. The van der Waals surface area contributed by atoms with E-state index in [-0.39, 0.29) is 93.5 Å². The number of nitrogens with zero attached hydrogens (tertiary/aromatic N) is 1. The van der Waals surface area contributed by atoms with Crippen molar-refractivity contribution in [1.82, 2.24) is 31.5 Å². The van der Waals surface area contributed by atoms with Gasteiger partial charge in [0.25, 0.3) is 0 Å². The van der Waals surface area contributed by atoms with Gasteiger partial charge in [-0.2, -0.15) is 0 Å². The second-order valence-corrected chi connectivity index (χ2v) is 37.7. The number of aromatic hydroxyl groups is 3. The van der Waals surface area contributed by atoms with Gasteiger partial charge in [-0.05, 0) is 229 Å². The average molecular weight is 1810 g/mol. The number of methoxy groups -OCH3 is 1. The molecule has 6 aliphatic heterocycles. The summed E-state index contributed by atoms with van der Waals surface area (Å²) in [4.78, 5) is 169. The van der Waals surface area contributed by atoms with E-state index < -0.39 is 237 Å². The Hall–Kier alpha value is -11.0. The number of hydrogen-bond donors (Lipinski definition) is 14. The summed E-state index contributed by atoms with van der Waals surface area (Å²) in [7, 11) is 2.81. The van der Waals surface area contributed by atoms with Gasteiger partial charge in [-0.15, -0.1) is 0 Å². The summed E-state index contributed by atoms with van der Waals surface area (Å²) in [5.41, 5.74) is -2.92. The molecule has 128 heavy (non-hydrogen) atoms. The molecule has 6 aromatic carbocycles. The number of nitrogens with one attached hydrogen (secondary N) is 6. The molecule has 15 bridgehead atoms. The molecule has 5 fully saturated rings. The van der Waals surface area contributed by atoms with E-state index in [1.807, 2.05) is 0 Å². The third-order valence-corrected chi connectivity index (χ3v) is 25.2. The number of phenolic OH excluding ortho intramolecular Hbond substituents is 3. The topological polar surface area (TPSA) is 490 Å². The number of halogens is 2. The van der Waals surface area contributed by atoms with Crippen molar-refractivity contribution in [3.05, 3.63) is 147 Å². The first-order valence-corrected chi connectivity index (χ1v) is 43.6. The first kappa shape index (κ1) is 94.6. The Morgan fingerprint density at radius 1 is 0.633 bits per heavy atom. The number of anilines is 1. The zero-order valence-electron chi connectivity index (χ0n) is 72.4. The lowest BCUT2D eigenvalue weighted by Crippen LogP contribution is -2.59. The fourth-order valence-electron chi connectivity index (χ4n) is 18.6. The summed E-state index contributed by atoms with van der Waals surface area (Å²) in [6, 6.07) is 10.3. The molecule has 0 radical (unpaired) electrons. The van der Waals surface area contributed by atoms with Crippen LogP contribution in [-0.4, -0.2) is 192 Å². The molecule has 14 atom stereocenters. The molecule has 6 heterocycles. The van der Waals surface area contributed by atoms with Gasteiger partial charge >= 0.3 is 18.1 Å². The highest BCUT2D eigenvalue weighted by Gasteiger charge is 2.52. The maximum Gasteiger partial charge on any atom is 0.410 e. The number of likely N-dealkylation sites (N-methyl/N-ethyl adjacent to an activating group) is 1. The number of amides is 8. The Morgan fingerprint density at radius 3 is 1.85 bits per heavy atom. The average Bonchev–Trinajstić information content (AvgIpc) is 0.777. The molecule has 16 rings (SSSR count). The number of esters is 1. The van der Waals surface area contributed by atoms with Crippen LogP contribution in [0.15, 0.2) is 103 Å². The van der Waals surface area contributed by atoms with E-state index in [2.05, 4.69) is 31.9 Å². The summed E-state index contributed by atoms with van der Waals surface area (Å²) in [6.45, 7) is 13.5. The van der Waals surface area contributed by atoms with Crippen LogP contribution in [0.4, 0.5) is 15.3 Å². The van der Waals surface area contributed by atoms with E-state index >= 15 is 33.6 Å². The zero-order valence-corrected chi connectivity index (χ0v) is 73.9. The van der Waals surface area contributed by atoms with E-state index in [1.165, 1.54) is 50.6 Å². The van der Waals surface area contributed by atoms with Crippen molar-refractivity contribution in [3.63, 3.8) is 0 Å². The summed E-state index contributed by atoms with van der Waals surface area (Å²) in [6.07, 6.45) is -14.4. The lowest BCUT2D eigenvalue weighted by molar-refractivity contribution is -0.273. The molecule has 8 amide bonds. The molecule has 1 unspecified atom stereocenters. The zero-order chi connectivity index (χ0) is 92.6. The number of aliphatic hydroxyl groups excluding tert-OH is 5. The van der Waals surface area contributed by atoms with Crippen LogP contribution in [0.1, 0.15) is 196 Å². The predicted octanol–water partition coefficient (Wildman–Crippen LogP) is 10.6. The number of hydrogen-bond acceptors (Lipinski definition) is 26. The minimum atomic E-state index is -2.30. The number of urea groups is 1. The van der Waals surface area contributed by atoms with Gasteiger partial charge in [-0.25, -0.2) is 9.59 Å². The van der Waals surface area contributed by atoms with Crippen LogP contribution in [-0.2, 0) is 68.5 Å². The number of carbonyl (C=O) groups is 11. The highest BCUT2D eigenvalue weighted by molar-refractivity contribution is 6.32. The van der Waals surface area contributed by atoms with Crippen LogP contribution in [0.5, 0.6) is 46.0 Å². The number of rotatable bonds is 19. The van der Waals surface area contributed by atoms with Crippen molar-refractivity contribution >= 4 is 93.9 Å². The van der Waals surface area contributed by atoms with Gasteiger partial charge in [0, 0.05) is 69.1 Å². The molecule has 0 aromatic heterocycles. The Labute approximate surface area is 748 Å². The molecule has 35 heteroatoms. The fourth-order valence-corrected chi connectivity index (χ4v) is 19.0. The molecule has 10 aliphatic rings. The molecular weight excluding hydrogens is 1700 g/mol. The normalized spacial score (nSPS) is 26.6. The molecule has 0 spiro atoms. The van der Waals surface area contributed by atoms with Crippen molar-refractivity contribution < 1.29 is 127 Å². The lowest BCUT2D eigenvalue weighted by Gasteiger charge is -2.54. The highest BCUT2D eigenvalue weighted by atomic mass is 35.5. The molecule has 4 saturated carbocycles. The summed E-state index contributed by atoms with van der Waals surface area (Å²) in [5, 5.41) is 111. The Bertz CT molecular complexity index is 5240. The fraction of sp³-hybridized carbons (Fsp3) is 0.495. The third-order valence-electron chi connectivity index (χ3n) is 24.6. The number of benzene rings is 6. The van der Waals surface area contributed by atoms with Crippen LogP contribution >= 0.6 is 23.2 Å². The molecule has 1 saturated heterocycles. The molecular formula is C93H109Cl2N7O26. The Kier molecular flexibility index (Phi) is 28.9. The molecule has 33 nitrogen and oxygen atoms in total. The molecule has 14 N–H and O–H groups in total. The summed E-state index contributed by atoms with van der Waals surface area (Å²) >= 11 is 14.5. The number of phenols is 3. The number of Topliss-reactive ketones (excluding diaryl/α,β-unsaturated/α-hetero) is 3. The van der Waals surface area contributed by atoms with Crippen molar-refractivity contribution in [2.75, 3.05) is 26.1 Å². The lowest BCUT2D eigenvalue weighted by atomic mass is 9.51. The van der Waals surface area contributed by atoms with Crippen molar-refractivity contribution in [2.45, 2.75) is 229 Å². The number of carbonyl (C=O) groups excluding carboxylic acids is 11. The third kappa shape index (κ3) is 21.9. The Morgan fingerprint density at radius 2 is 1.25 bits per heavy atom. The van der Waals surface area contributed by atoms with Gasteiger partial charge in [-0.3, -0.25) is 53.4 Å². The van der Waals surface area contributed by atoms with Crippen LogP contribution in [0, 0.1) is 41.4 Å². The molecule has 6 aromatic rings. The SMILES string of the molecule is COCCc1ccc(NC(=O)NC(=O)C[C@@H]2CC(=O)[C@H](NC(=O)[C@@H](CC(C)C)N(C)C(=O)OC(C)(C)C)[C@H](O)c3ccc(c(Cl)c3)Oc3cc4cc(c3O[C@@H]3O[C@H](CCC(=O)OC(C)(C)C)[C@@H](O)[C@H](O)[C@H]3O)Oc3ccc(cc3Cl)[C@@H](O)[C@@H]3NC(=O)[C@H](CC(=O)C4NC2=O)c2ccc(O)c(c2)-c2c(O)cc(O)cc2[C@@H](C(=O)CC2C4CC5CC(C4)CC2C5)NC3=O)cc1. The second-order valence-electron chi connectivity index (χ2n) is 36.9. The summed E-state index contributed by atoms with van der Waals surface area (Å²) < 4.78 is 42.7. The second kappa shape index (κ2) is 39.1. The van der Waals surface area contributed by atoms with Crippen LogP contribution in [0.25, 0.3) is 11.1 Å². The van der Waals surface area contributed by atoms with Gasteiger partial charge in [0.05, 0.1) is 34.6 Å². The van der Waals surface area contributed by atoms with Gasteiger partial charge in [0.1, 0.15) is 101 Å². The monoisotopic (exact) mass is 1810 g/mol. The number of ketones is 3. The Balaban J connectivity index is 0.999. The first-order chi connectivity index (χ1) is 60.4. The van der Waals surface area contributed by atoms with E-state index in [0.717, 1.165) is 85.0 Å². The minimum Gasteiger partial charge on any atom is -0.508 e. The van der Waals surface area contributed by atoms with Gasteiger partial charge in [-0.1, -0.05) is 67.4 Å². The predicted molar refractivity (Wildman–Crippen MR) is 461 cm³/mol. The largest absolute Gasteiger partial charge is 0.508 e. The number of aliphatic hydroxyl groups is 5. The van der Waals surface area contributed by atoms with Gasteiger partial charge in [0.2, 0.25) is 41.6 Å². The van der Waals surface area contributed by atoms with Gasteiger partial charge in [0.15, 0.2) is 28.8 Å². The maximum atomic E-state index is 16.8. The highest BCUT2D eigenvalue weighted by Crippen LogP contribution is 2.58. The minimum absolute atomic E-state index is 0.0702. The molecule has 686 valence electrons. The molecule has 4 aliphatic carbocycles. The quantitative estimate of drug-likeness (QED) is 0.0335. The standard InChI is InChI=1S/C93H109Cl2N7O26/c1-42(2)25-61(102(9)91(121)128-93(6,7)8)87(118)100-77-64(106)34-52(37-72(109)97-90(120)96-53-16-11-43(12-17-53)23-24-122-10)85(116)98-75-51-35-70(123-67-19-14-47(79(77)111)32-59(67)94)84(126-89-83(115)82(114)81(113)69(125-89)21-22-73(110)127-92(3,4)5)71(36-51)124-68-20-15-48(33-60(68)95)80(112)78-88(119)99-76(66(108)40-55-49-27-44-26-45(29-49)30-50(55)28-44)58-38-54(103)39-63(105)74(58)57-31-46(13-18-62(57)104)56(41-65(75)107)86(117)101-78/h11-20,31-33,35-36,38-39,42,44-45,49-50,52,55-56,61,69,75-83,89,103-105,111-115H,21-30,34,37,40-41H2,1-10H3,(H,98,116)(H,99,119)(H,100,118)(H,101,117)(H2,96,97,109,120)/t44?,45?,49?,50?,52-,55?,56+,61+,69+,75?,76-,77-,78-,79+,80+,81+,82-,83+,89-/m0/s1. The van der Waals surface area contributed by atoms with Gasteiger partial charge < -0.3 is 101 Å². The van der Waals surface area contributed by atoms with Crippen molar-refractivity contribution in [1.29, 1.82) is 0 Å². The van der Waals surface area contributed by atoms with Crippen molar-refractivity contribution in [3.8, 4) is 57.1 Å². The number of fused-ring (bicyclic) bond motifs is 15. The van der Waals surface area contributed by atoms with Crippen molar-refractivity contribution in [2.24, 2.45) is 41.4 Å². The van der Waals surface area contributed by atoms with E-state index in [9.17, 15) is 60.0 Å². The summed E-state index contributed by atoms with van der Waals surface area (Å²) in [5.74, 6) is -17.6.